The van der Waals surface area contributed by atoms with Crippen LogP contribution in [0.1, 0.15) is 42.1 Å². The van der Waals surface area contributed by atoms with Crippen LogP contribution in [0, 0.1) is 12.7 Å². The fourth-order valence-electron chi connectivity index (χ4n) is 2.77. The SMILES string of the molecule is CCCN(CC1CCCN1)C(=O)c1cc(C)cc(F)c1. The lowest BCUT2D eigenvalue weighted by molar-refractivity contribution is 0.0741. The van der Waals surface area contributed by atoms with Gasteiger partial charge < -0.3 is 10.2 Å². The number of hydrogen-bond acceptors (Lipinski definition) is 2. The van der Waals surface area contributed by atoms with Gasteiger partial charge in [0.25, 0.3) is 5.91 Å². The Kier molecular flexibility index (Phi) is 5.12. The summed E-state index contributed by atoms with van der Waals surface area (Å²) >= 11 is 0. The van der Waals surface area contributed by atoms with Gasteiger partial charge in [0.2, 0.25) is 0 Å². The topological polar surface area (TPSA) is 32.3 Å². The van der Waals surface area contributed by atoms with Crippen molar-refractivity contribution in [1.82, 2.24) is 10.2 Å². The van der Waals surface area contributed by atoms with E-state index >= 15 is 0 Å². The summed E-state index contributed by atoms with van der Waals surface area (Å²) in [5.41, 5.74) is 1.23. The van der Waals surface area contributed by atoms with E-state index in [1.165, 1.54) is 12.1 Å². The molecule has 0 aliphatic carbocycles. The second kappa shape index (κ2) is 6.84. The Labute approximate surface area is 120 Å². The number of carbonyl (C=O) groups excluding carboxylic acids is 1. The monoisotopic (exact) mass is 278 g/mol. The molecule has 1 N–H and O–H groups in total. The summed E-state index contributed by atoms with van der Waals surface area (Å²) in [6.45, 7) is 6.31. The molecule has 1 aromatic rings. The first-order valence-electron chi connectivity index (χ1n) is 7.40. The lowest BCUT2D eigenvalue weighted by atomic mass is 10.1. The number of carbonyl (C=O) groups is 1. The molecule has 1 unspecified atom stereocenters. The Morgan fingerprint density at radius 2 is 2.25 bits per heavy atom. The van der Waals surface area contributed by atoms with Gasteiger partial charge in [-0.15, -0.1) is 0 Å². The Hall–Kier alpha value is -1.42. The molecule has 1 atom stereocenters. The Morgan fingerprint density at radius 3 is 2.85 bits per heavy atom. The highest BCUT2D eigenvalue weighted by Crippen LogP contribution is 2.14. The summed E-state index contributed by atoms with van der Waals surface area (Å²) in [5.74, 6) is -0.410. The second-order valence-electron chi connectivity index (χ2n) is 5.56. The second-order valence-corrected chi connectivity index (χ2v) is 5.56. The molecule has 1 saturated heterocycles. The van der Waals surface area contributed by atoms with Crippen LogP contribution in [-0.4, -0.2) is 36.5 Å². The van der Waals surface area contributed by atoms with Crippen molar-refractivity contribution in [3.05, 3.63) is 35.1 Å². The van der Waals surface area contributed by atoms with Crippen LogP contribution in [0.5, 0.6) is 0 Å². The Morgan fingerprint density at radius 1 is 1.45 bits per heavy atom. The fourth-order valence-corrected chi connectivity index (χ4v) is 2.77. The maximum atomic E-state index is 13.5. The van der Waals surface area contributed by atoms with Gasteiger partial charge in [-0.1, -0.05) is 6.92 Å². The highest BCUT2D eigenvalue weighted by atomic mass is 19.1. The maximum absolute atomic E-state index is 13.5. The molecular formula is C16H23FN2O. The molecule has 1 fully saturated rings. The van der Waals surface area contributed by atoms with Crippen molar-refractivity contribution >= 4 is 5.91 Å². The molecule has 1 aliphatic heterocycles. The molecule has 1 aliphatic rings. The van der Waals surface area contributed by atoms with Crippen LogP contribution in [0.4, 0.5) is 4.39 Å². The molecule has 1 aromatic carbocycles. The van der Waals surface area contributed by atoms with E-state index in [-0.39, 0.29) is 11.7 Å². The predicted molar refractivity (Wildman–Crippen MR) is 78.4 cm³/mol. The summed E-state index contributed by atoms with van der Waals surface area (Å²) in [4.78, 5) is 14.4. The zero-order valence-corrected chi connectivity index (χ0v) is 12.3. The molecule has 20 heavy (non-hydrogen) atoms. The summed E-state index contributed by atoms with van der Waals surface area (Å²) in [7, 11) is 0. The van der Waals surface area contributed by atoms with Gasteiger partial charge in [0.15, 0.2) is 0 Å². The van der Waals surface area contributed by atoms with Gasteiger partial charge in [-0.05, 0) is 56.5 Å². The van der Waals surface area contributed by atoms with E-state index in [4.69, 9.17) is 0 Å². The third-order valence-electron chi connectivity index (χ3n) is 3.67. The Balaban J connectivity index is 2.12. The molecule has 110 valence electrons. The number of amides is 1. The minimum Gasteiger partial charge on any atom is -0.337 e. The summed E-state index contributed by atoms with van der Waals surface area (Å²) in [6.07, 6.45) is 3.18. The molecular weight excluding hydrogens is 255 g/mol. The molecule has 4 heteroatoms. The van der Waals surface area contributed by atoms with Gasteiger partial charge in [0, 0.05) is 24.7 Å². The van der Waals surface area contributed by atoms with E-state index in [0.29, 0.717) is 24.7 Å². The molecule has 0 bridgehead atoms. The van der Waals surface area contributed by atoms with E-state index < -0.39 is 0 Å². The van der Waals surface area contributed by atoms with Crippen LogP contribution in [0.25, 0.3) is 0 Å². The zero-order chi connectivity index (χ0) is 14.5. The van der Waals surface area contributed by atoms with Crippen LogP contribution in [-0.2, 0) is 0 Å². The lowest BCUT2D eigenvalue weighted by Gasteiger charge is -2.25. The van der Waals surface area contributed by atoms with Gasteiger partial charge in [-0.25, -0.2) is 4.39 Å². The molecule has 1 amide bonds. The van der Waals surface area contributed by atoms with Crippen LogP contribution in [0.2, 0.25) is 0 Å². The van der Waals surface area contributed by atoms with Crippen molar-refractivity contribution in [3.63, 3.8) is 0 Å². The number of benzene rings is 1. The van der Waals surface area contributed by atoms with E-state index in [0.717, 1.165) is 31.4 Å². The average Bonchev–Trinajstić information content (AvgIpc) is 2.89. The largest absolute Gasteiger partial charge is 0.337 e. The fraction of sp³-hybridized carbons (Fsp3) is 0.562. The summed E-state index contributed by atoms with van der Waals surface area (Å²) in [5, 5.41) is 3.41. The van der Waals surface area contributed by atoms with E-state index in [2.05, 4.69) is 12.2 Å². The quantitative estimate of drug-likeness (QED) is 0.898. The predicted octanol–water partition coefficient (Wildman–Crippen LogP) is 2.74. The minimum atomic E-state index is -0.344. The van der Waals surface area contributed by atoms with Crippen LogP contribution < -0.4 is 5.32 Å². The van der Waals surface area contributed by atoms with Crippen LogP contribution >= 0.6 is 0 Å². The standard InChI is InChI=1S/C16H23FN2O/c1-3-7-19(11-15-5-4-6-18-15)16(20)13-8-12(2)9-14(17)10-13/h8-10,15,18H,3-7,11H2,1-2H3. The van der Waals surface area contributed by atoms with E-state index in [1.807, 2.05) is 11.8 Å². The first kappa shape index (κ1) is 15.0. The van der Waals surface area contributed by atoms with Crippen LogP contribution in [0.15, 0.2) is 18.2 Å². The number of rotatable bonds is 5. The number of hydrogen-bond donors (Lipinski definition) is 1. The molecule has 1 heterocycles. The highest BCUT2D eigenvalue weighted by Gasteiger charge is 2.22. The molecule has 0 spiro atoms. The van der Waals surface area contributed by atoms with Crippen molar-refractivity contribution in [2.45, 2.75) is 39.2 Å². The van der Waals surface area contributed by atoms with Gasteiger partial charge >= 0.3 is 0 Å². The van der Waals surface area contributed by atoms with Gasteiger partial charge in [-0.3, -0.25) is 4.79 Å². The van der Waals surface area contributed by atoms with Crippen molar-refractivity contribution in [2.75, 3.05) is 19.6 Å². The number of nitrogens with one attached hydrogen (secondary N) is 1. The van der Waals surface area contributed by atoms with Crippen molar-refractivity contribution < 1.29 is 9.18 Å². The van der Waals surface area contributed by atoms with Crippen molar-refractivity contribution in [1.29, 1.82) is 0 Å². The molecule has 3 nitrogen and oxygen atoms in total. The number of nitrogens with zero attached hydrogens (tertiary/aromatic N) is 1. The van der Waals surface area contributed by atoms with Gasteiger partial charge in [0.1, 0.15) is 5.82 Å². The average molecular weight is 278 g/mol. The zero-order valence-electron chi connectivity index (χ0n) is 12.3. The number of halogens is 1. The summed E-state index contributed by atoms with van der Waals surface area (Å²) < 4.78 is 13.5. The van der Waals surface area contributed by atoms with Crippen LogP contribution in [0.3, 0.4) is 0 Å². The maximum Gasteiger partial charge on any atom is 0.254 e. The van der Waals surface area contributed by atoms with E-state index in [1.54, 1.807) is 6.07 Å². The highest BCUT2D eigenvalue weighted by molar-refractivity contribution is 5.94. The van der Waals surface area contributed by atoms with E-state index in [9.17, 15) is 9.18 Å². The Bertz CT molecular complexity index is 449. The van der Waals surface area contributed by atoms with Gasteiger partial charge in [0.05, 0.1) is 0 Å². The van der Waals surface area contributed by atoms with Crippen molar-refractivity contribution in [3.8, 4) is 0 Å². The molecule has 0 radical (unpaired) electrons. The third kappa shape index (κ3) is 3.79. The molecule has 2 rings (SSSR count). The first-order chi connectivity index (χ1) is 9.60. The number of aryl methyl sites for hydroxylation is 1. The lowest BCUT2D eigenvalue weighted by Crippen LogP contribution is -2.41. The minimum absolute atomic E-state index is 0.0665. The van der Waals surface area contributed by atoms with Crippen molar-refractivity contribution in [2.24, 2.45) is 0 Å². The van der Waals surface area contributed by atoms with Gasteiger partial charge in [-0.2, -0.15) is 0 Å². The normalized spacial score (nSPS) is 18.2. The molecule has 0 aromatic heterocycles. The first-order valence-corrected chi connectivity index (χ1v) is 7.40. The third-order valence-corrected chi connectivity index (χ3v) is 3.67. The molecule has 0 saturated carbocycles. The summed E-state index contributed by atoms with van der Waals surface area (Å²) in [6, 6.07) is 4.91. The smallest absolute Gasteiger partial charge is 0.254 e.